The van der Waals surface area contributed by atoms with Gasteiger partial charge in [0.15, 0.2) is 5.82 Å². The van der Waals surface area contributed by atoms with Crippen LogP contribution in [0.15, 0.2) is 24.3 Å². The van der Waals surface area contributed by atoms with E-state index in [1.807, 2.05) is 6.07 Å². The number of benzene rings is 1. The lowest BCUT2D eigenvalue weighted by molar-refractivity contribution is 0.568. The Morgan fingerprint density at radius 1 is 1.00 bits per heavy atom. The van der Waals surface area contributed by atoms with Gasteiger partial charge in [0, 0.05) is 17.0 Å². The Kier molecular flexibility index (Phi) is 3.70. The number of rotatable bonds is 1. The molecule has 0 aliphatic heterocycles. The Morgan fingerprint density at radius 3 is 2.26 bits per heavy atom. The average Bonchev–Trinajstić information content (AvgIpc) is 2.31. The number of nitrogens with two attached hydrogens (primary N) is 1. The van der Waals surface area contributed by atoms with Crippen molar-refractivity contribution in [2.45, 2.75) is 26.2 Å². The van der Waals surface area contributed by atoms with E-state index in [-0.39, 0.29) is 5.41 Å². The van der Waals surface area contributed by atoms with E-state index in [0.29, 0.717) is 21.7 Å². The maximum absolute atomic E-state index is 6.01. The van der Waals surface area contributed by atoms with Crippen LogP contribution in [0.2, 0.25) is 10.0 Å². The summed E-state index contributed by atoms with van der Waals surface area (Å²) < 4.78 is 0. The topological polar surface area (TPSA) is 51.8 Å². The van der Waals surface area contributed by atoms with E-state index in [9.17, 15) is 0 Å². The molecule has 1 aromatic heterocycles. The Morgan fingerprint density at radius 2 is 1.68 bits per heavy atom. The molecular weight excluding hydrogens is 281 g/mol. The molecule has 0 fully saturated rings. The second-order valence-corrected chi connectivity index (χ2v) is 6.19. The highest BCUT2D eigenvalue weighted by molar-refractivity contribution is 6.42. The minimum absolute atomic E-state index is 0.0952. The lowest BCUT2D eigenvalue weighted by atomic mass is 9.92. The Bertz CT molecular complexity index is 619. The standard InChI is InChI=1S/C14H15Cl2N3/c1-14(2,3)11-7-12(17)19-13(18-11)8-4-5-9(15)10(16)6-8/h4-7H,1-3H3,(H2,17,18,19). The third-order valence-corrected chi connectivity index (χ3v) is 3.43. The normalized spacial score (nSPS) is 11.6. The minimum atomic E-state index is -0.0952. The lowest BCUT2D eigenvalue weighted by Crippen LogP contribution is -2.15. The number of halogens is 2. The molecule has 2 N–H and O–H groups in total. The van der Waals surface area contributed by atoms with E-state index in [2.05, 4.69) is 30.7 Å². The fraction of sp³-hybridized carbons (Fsp3) is 0.286. The fourth-order valence-electron chi connectivity index (χ4n) is 1.61. The highest BCUT2D eigenvalue weighted by Crippen LogP contribution is 2.29. The van der Waals surface area contributed by atoms with Crippen LogP contribution in [0.3, 0.4) is 0 Å². The van der Waals surface area contributed by atoms with Gasteiger partial charge >= 0.3 is 0 Å². The molecule has 2 aromatic rings. The Hall–Kier alpha value is -1.32. The van der Waals surface area contributed by atoms with Gasteiger partial charge in [0.25, 0.3) is 0 Å². The summed E-state index contributed by atoms with van der Waals surface area (Å²) in [6.45, 7) is 6.23. The molecule has 1 heterocycles. The first kappa shape index (κ1) is 14.1. The van der Waals surface area contributed by atoms with Crippen molar-refractivity contribution in [3.05, 3.63) is 40.0 Å². The monoisotopic (exact) mass is 295 g/mol. The van der Waals surface area contributed by atoms with Crippen LogP contribution in [0.25, 0.3) is 11.4 Å². The first-order valence-corrected chi connectivity index (χ1v) is 6.63. The quantitative estimate of drug-likeness (QED) is 0.852. The van der Waals surface area contributed by atoms with Crippen LogP contribution in [-0.4, -0.2) is 9.97 Å². The first-order valence-electron chi connectivity index (χ1n) is 5.88. The summed E-state index contributed by atoms with van der Waals surface area (Å²) in [5.74, 6) is 1.00. The molecule has 2 rings (SSSR count). The van der Waals surface area contributed by atoms with Gasteiger partial charge in [-0.25, -0.2) is 9.97 Å². The highest BCUT2D eigenvalue weighted by atomic mass is 35.5. The van der Waals surface area contributed by atoms with Crippen molar-refractivity contribution >= 4 is 29.0 Å². The van der Waals surface area contributed by atoms with E-state index in [1.165, 1.54) is 0 Å². The fourth-order valence-corrected chi connectivity index (χ4v) is 1.91. The summed E-state index contributed by atoms with van der Waals surface area (Å²) in [4.78, 5) is 8.81. The van der Waals surface area contributed by atoms with E-state index in [1.54, 1.807) is 18.2 Å². The summed E-state index contributed by atoms with van der Waals surface area (Å²) >= 11 is 11.9. The van der Waals surface area contributed by atoms with Crippen molar-refractivity contribution in [2.75, 3.05) is 5.73 Å². The second-order valence-electron chi connectivity index (χ2n) is 5.38. The van der Waals surface area contributed by atoms with Gasteiger partial charge in [-0.15, -0.1) is 0 Å². The van der Waals surface area contributed by atoms with Crippen molar-refractivity contribution in [2.24, 2.45) is 0 Å². The molecule has 0 bridgehead atoms. The van der Waals surface area contributed by atoms with E-state index < -0.39 is 0 Å². The number of hydrogen-bond acceptors (Lipinski definition) is 3. The van der Waals surface area contributed by atoms with Crippen LogP contribution in [0, 0.1) is 0 Å². The maximum Gasteiger partial charge on any atom is 0.161 e. The predicted octanol–water partition coefficient (Wildman–Crippen LogP) is 4.33. The summed E-state index contributed by atoms with van der Waals surface area (Å²) in [6.07, 6.45) is 0. The number of nitrogens with zero attached hydrogens (tertiary/aromatic N) is 2. The molecule has 1 aromatic carbocycles. The third kappa shape index (κ3) is 3.17. The van der Waals surface area contributed by atoms with Crippen LogP contribution < -0.4 is 5.73 Å². The minimum Gasteiger partial charge on any atom is -0.384 e. The molecule has 0 unspecified atom stereocenters. The van der Waals surface area contributed by atoms with Gasteiger partial charge in [0.2, 0.25) is 0 Å². The smallest absolute Gasteiger partial charge is 0.161 e. The molecular formula is C14H15Cl2N3. The van der Waals surface area contributed by atoms with Gasteiger partial charge in [-0.3, -0.25) is 0 Å². The third-order valence-electron chi connectivity index (χ3n) is 2.69. The predicted molar refractivity (Wildman–Crippen MR) is 80.6 cm³/mol. The molecule has 3 nitrogen and oxygen atoms in total. The van der Waals surface area contributed by atoms with Crippen molar-refractivity contribution in [3.63, 3.8) is 0 Å². The number of aromatic nitrogens is 2. The summed E-state index contributed by atoms with van der Waals surface area (Å²) in [5, 5.41) is 0.980. The Balaban J connectivity index is 2.56. The van der Waals surface area contributed by atoms with Gasteiger partial charge < -0.3 is 5.73 Å². The SMILES string of the molecule is CC(C)(C)c1cc(N)nc(-c2ccc(Cl)c(Cl)c2)n1. The second kappa shape index (κ2) is 4.99. The Labute approximate surface area is 122 Å². The van der Waals surface area contributed by atoms with Gasteiger partial charge in [-0.1, -0.05) is 44.0 Å². The van der Waals surface area contributed by atoms with Crippen LogP contribution in [0.1, 0.15) is 26.5 Å². The van der Waals surface area contributed by atoms with Gasteiger partial charge in [-0.2, -0.15) is 0 Å². The molecule has 0 atom stereocenters. The zero-order chi connectivity index (χ0) is 14.2. The summed E-state index contributed by atoms with van der Waals surface area (Å²) in [6, 6.07) is 7.09. The van der Waals surface area contributed by atoms with E-state index in [0.717, 1.165) is 11.3 Å². The molecule has 19 heavy (non-hydrogen) atoms. The van der Waals surface area contributed by atoms with Crippen LogP contribution >= 0.6 is 23.2 Å². The van der Waals surface area contributed by atoms with E-state index in [4.69, 9.17) is 28.9 Å². The van der Waals surface area contributed by atoms with Gasteiger partial charge in [0.05, 0.1) is 15.7 Å². The lowest BCUT2D eigenvalue weighted by Gasteiger charge is -2.18. The molecule has 0 saturated heterocycles. The van der Waals surface area contributed by atoms with Crippen LogP contribution in [0.5, 0.6) is 0 Å². The maximum atomic E-state index is 6.01. The number of nitrogen functional groups attached to an aromatic ring is 1. The van der Waals surface area contributed by atoms with E-state index >= 15 is 0 Å². The largest absolute Gasteiger partial charge is 0.384 e. The van der Waals surface area contributed by atoms with Crippen molar-refractivity contribution in [3.8, 4) is 11.4 Å². The average molecular weight is 296 g/mol. The molecule has 0 spiro atoms. The van der Waals surface area contributed by atoms with Crippen molar-refractivity contribution in [1.82, 2.24) is 9.97 Å². The molecule has 0 radical (unpaired) electrons. The zero-order valence-electron chi connectivity index (χ0n) is 11.0. The molecule has 100 valence electrons. The van der Waals surface area contributed by atoms with Gasteiger partial charge in [0.1, 0.15) is 5.82 Å². The molecule has 0 aliphatic carbocycles. The highest BCUT2D eigenvalue weighted by Gasteiger charge is 2.18. The van der Waals surface area contributed by atoms with Crippen LogP contribution in [-0.2, 0) is 5.41 Å². The first-order chi connectivity index (χ1) is 8.77. The summed E-state index contributed by atoms with van der Waals surface area (Å²) in [5.41, 5.74) is 7.44. The zero-order valence-corrected chi connectivity index (χ0v) is 12.5. The van der Waals surface area contributed by atoms with Crippen molar-refractivity contribution < 1.29 is 0 Å². The molecule has 0 aliphatic rings. The van der Waals surface area contributed by atoms with Gasteiger partial charge in [-0.05, 0) is 18.2 Å². The van der Waals surface area contributed by atoms with Crippen molar-refractivity contribution in [1.29, 1.82) is 0 Å². The number of hydrogen-bond donors (Lipinski definition) is 1. The number of anilines is 1. The molecule has 0 saturated carbocycles. The molecule has 0 amide bonds. The molecule has 5 heteroatoms. The summed E-state index contributed by atoms with van der Waals surface area (Å²) in [7, 11) is 0. The van der Waals surface area contributed by atoms with Crippen LogP contribution in [0.4, 0.5) is 5.82 Å².